The highest BCUT2D eigenvalue weighted by atomic mass is 17.1. The lowest BCUT2D eigenvalue weighted by molar-refractivity contribution is -0.328. The largest absolute Gasteiger partial charge is 0.295 e. The van der Waals surface area contributed by atoms with Crippen LogP contribution in [0.15, 0.2) is 23.8 Å². The van der Waals surface area contributed by atoms with E-state index in [2.05, 4.69) is 6.58 Å². The van der Waals surface area contributed by atoms with E-state index in [1.807, 2.05) is 20.8 Å². The average Bonchev–Trinajstić information content (AvgIpc) is 2.16. The zero-order chi connectivity index (χ0) is 13.3. The van der Waals surface area contributed by atoms with Crippen molar-refractivity contribution in [3.63, 3.8) is 0 Å². The molecule has 1 atom stereocenters. The van der Waals surface area contributed by atoms with E-state index in [1.165, 1.54) is 13.0 Å². The Morgan fingerprint density at radius 1 is 1.47 bits per heavy atom. The van der Waals surface area contributed by atoms with Crippen LogP contribution < -0.4 is 0 Å². The molecule has 0 saturated heterocycles. The van der Waals surface area contributed by atoms with E-state index in [1.54, 1.807) is 0 Å². The molecule has 96 valence electrons. The van der Waals surface area contributed by atoms with E-state index >= 15 is 0 Å². The molecule has 0 radical (unpaired) electrons. The van der Waals surface area contributed by atoms with Crippen LogP contribution in [0.4, 0.5) is 0 Å². The maximum absolute atomic E-state index is 11.2. The summed E-state index contributed by atoms with van der Waals surface area (Å²) >= 11 is 0. The molecule has 3 heteroatoms. The molecule has 1 N–H and O–H groups in total. The summed E-state index contributed by atoms with van der Waals surface area (Å²) in [6, 6.07) is 0. The second kappa shape index (κ2) is 4.75. The van der Waals surface area contributed by atoms with E-state index in [9.17, 15) is 10.1 Å². The van der Waals surface area contributed by atoms with Gasteiger partial charge in [0.2, 0.25) is 0 Å². The zero-order valence-electron chi connectivity index (χ0n) is 11.2. The normalized spacial score (nSPS) is 29.2. The van der Waals surface area contributed by atoms with Gasteiger partial charge in [-0.15, -0.1) is 0 Å². The highest BCUT2D eigenvalue weighted by molar-refractivity contribution is 5.88. The van der Waals surface area contributed by atoms with Gasteiger partial charge in [-0.25, -0.2) is 4.89 Å². The van der Waals surface area contributed by atoms with Crippen molar-refractivity contribution in [2.24, 2.45) is 5.41 Å². The minimum absolute atomic E-state index is 0.0481. The number of hydrogen-bond donors (Lipinski definition) is 1. The summed E-state index contributed by atoms with van der Waals surface area (Å²) in [6.45, 7) is 11.4. The third-order valence-electron chi connectivity index (χ3n) is 3.84. The van der Waals surface area contributed by atoms with Crippen molar-refractivity contribution in [3.8, 4) is 0 Å². The van der Waals surface area contributed by atoms with Gasteiger partial charge in [-0.2, -0.15) is 0 Å². The predicted octanol–water partition coefficient (Wildman–Crippen LogP) is 3.52. The molecule has 0 aromatic heterocycles. The van der Waals surface area contributed by atoms with Gasteiger partial charge in [-0.1, -0.05) is 20.4 Å². The lowest BCUT2D eigenvalue weighted by Crippen LogP contribution is -2.51. The number of allylic oxidation sites excluding steroid dienone is 1. The van der Waals surface area contributed by atoms with Gasteiger partial charge in [-0.3, -0.25) is 10.1 Å². The molecule has 1 rings (SSSR count). The first-order valence-corrected chi connectivity index (χ1v) is 5.98. The Morgan fingerprint density at radius 3 is 2.47 bits per heavy atom. The highest BCUT2D eigenvalue weighted by Gasteiger charge is 2.52. The van der Waals surface area contributed by atoms with E-state index in [0.717, 1.165) is 30.4 Å². The topological polar surface area (TPSA) is 46.5 Å². The van der Waals surface area contributed by atoms with Gasteiger partial charge in [0.05, 0.1) is 0 Å². The summed E-state index contributed by atoms with van der Waals surface area (Å²) in [6.07, 6.45) is 4.29. The Labute approximate surface area is 103 Å². The summed E-state index contributed by atoms with van der Waals surface area (Å²) < 4.78 is 0. The third-order valence-corrected chi connectivity index (χ3v) is 3.84. The van der Waals surface area contributed by atoms with Crippen LogP contribution in [-0.4, -0.2) is 16.6 Å². The molecular weight excluding hydrogens is 216 g/mol. The van der Waals surface area contributed by atoms with Crippen molar-refractivity contribution >= 4 is 5.78 Å². The van der Waals surface area contributed by atoms with Crippen LogP contribution in [0, 0.1) is 5.41 Å². The Kier molecular flexibility index (Phi) is 3.95. The van der Waals surface area contributed by atoms with E-state index in [0.29, 0.717) is 0 Å². The SMILES string of the molecule is C=C1CCCC(C)(C)C1(OO)/C(C)=C/C(C)=O. The minimum Gasteiger partial charge on any atom is -0.295 e. The van der Waals surface area contributed by atoms with Crippen molar-refractivity contribution in [1.29, 1.82) is 0 Å². The number of hydrogen-bond acceptors (Lipinski definition) is 3. The van der Waals surface area contributed by atoms with Crippen LogP contribution in [0.1, 0.15) is 47.0 Å². The fourth-order valence-corrected chi connectivity index (χ4v) is 3.05. The lowest BCUT2D eigenvalue weighted by Gasteiger charge is -2.49. The smallest absolute Gasteiger partial charge is 0.152 e. The van der Waals surface area contributed by atoms with Crippen LogP contribution >= 0.6 is 0 Å². The first kappa shape index (κ1) is 14.1. The lowest BCUT2D eigenvalue weighted by atomic mass is 9.60. The summed E-state index contributed by atoms with van der Waals surface area (Å²) in [5, 5.41) is 9.42. The van der Waals surface area contributed by atoms with Gasteiger partial charge in [0.25, 0.3) is 0 Å². The summed E-state index contributed by atoms with van der Waals surface area (Å²) in [5.41, 5.74) is 0.359. The molecule has 1 fully saturated rings. The van der Waals surface area contributed by atoms with Crippen LogP contribution in [0.2, 0.25) is 0 Å². The summed E-state index contributed by atoms with van der Waals surface area (Å²) in [5.74, 6) is -0.0481. The second-order valence-corrected chi connectivity index (χ2v) is 5.55. The fraction of sp³-hybridized carbons (Fsp3) is 0.643. The first-order valence-electron chi connectivity index (χ1n) is 5.98. The monoisotopic (exact) mass is 238 g/mol. The molecule has 1 aliphatic rings. The van der Waals surface area contributed by atoms with Crippen molar-refractivity contribution in [1.82, 2.24) is 0 Å². The maximum atomic E-state index is 11.2. The van der Waals surface area contributed by atoms with Crippen molar-refractivity contribution in [2.75, 3.05) is 0 Å². The van der Waals surface area contributed by atoms with Gasteiger partial charge in [0, 0.05) is 5.41 Å². The van der Waals surface area contributed by atoms with Crippen molar-refractivity contribution < 1.29 is 14.9 Å². The zero-order valence-corrected chi connectivity index (χ0v) is 11.2. The Hall–Kier alpha value is -0.930. The van der Waals surface area contributed by atoms with Gasteiger partial charge < -0.3 is 0 Å². The maximum Gasteiger partial charge on any atom is 0.152 e. The van der Waals surface area contributed by atoms with Gasteiger partial charge in [-0.05, 0) is 50.3 Å². The number of rotatable bonds is 3. The van der Waals surface area contributed by atoms with E-state index in [-0.39, 0.29) is 11.2 Å². The quantitative estimate of drug-likeness (QED) is 0.354. The molecular formula is C14H22O3. The minimum atomic E-state index is -0.934. The molecule has 0 aromatic rings. The molecule has 1 saturated carbocycles. The average molecular weight is 238 g/mol. The standard InChI is InChI=1S/C14H22O3/c1-10-7-6-8-13(4,5)14(10,17-16)11(2)9-12(3)15/h9,16H,1,6-8H2,2-5H3/b11-9+. The molecule has 0 bridgehead atoms. The molecule has 17 heavy (non-hydrogen) atoms. The van der Waals surface area contributed by atoms with Crippen LogP contribution in [0.5, 0.6) is 0 Å². The number of carbonyl (C=O) groups excluding carboxylic acids is 1. The van der Waals surface area contributed by atoms with E-state index < -0.39 is 5.60 Å². The summed E-state index contributed by atoms with van der Waals surface area (Å²) in [4.78, 5) is 16.1. The third kappa shape index (κ3) is 2.22. The second-order valence-electron chi connectivity index (χ2n) is 5.55. The van der Waals surface area contributed by atoms with Crippen molar-refractivity contribution in [2.45, 2.75) is 52.6 Å². The Bertz CT molecular complexity index is 366. The molecule has 0 aliphatic heterocycles. The summed E-state index contributed by atoms with van der Waals surface area (Å²) in [7, 11) is 0. The van der Waals surface area contributed by atoms with Gasteiger partial charge in [0.1, 0.15) is 0 Å². The molecule has 0 spiro atoms. The number of carbonyl (C=O) groups is 1. The van der Waals surface area contributed by atoms with Crippen LogP contribution in [0.25, 0.3) is 0 Å². The van der Waals surface area contributed by atoms with Crippen LogP contribution in [0.3, 0.4) is 0 Å². The predicted molar refractivity (Wildman–Crippen MR) is 67.7 cm³/mol. The van der Waals surface area contributed by atoms with Gasteiger partial charge in [0.15, 0.2) is 11.4 Å². The Morgan fingerprint density at radius 2 is 2.06 bits per heavy atom. The van der Waals surface area contributed by atoms with Crippen LogP contribution in [-0.2, 0) is 9.68 Å². The molecule has 1 aliphatic carbocycles. The molecule has 0 heterocycles. The molecule has 3 nitrogen and oxygen atoms in total. The number of ketones is 1. The molecule has 0 aromatic carbocycles. The van der Waals surface area contributed by atoms with E-state index in [4.69, 9.17) is 4.89 Å². The highest BCUT2D eigenvalue weighted by Crippen LogP contribution is 2.52. The Balaban J connectivity index is 3.32. The fourth-order valence-electron chi connectivity index (χ4n) is 3.05. The molecule has 1 unspecified atom stereocenters. The first-order chi connectivity index (χ1) is 7.78. The van der Waals surface area contributed by atoms with Crippen molar-refractivity contribution in [3.05, 3.63) is 23.8 Å². The van der Waals surface area contributed by atoms with Gasteiger partial charge >= 0.3 is 0 Å². The molecule has 0 amide bonds.